The van der Waals surface area contributed by atoms with Crippen LogP contribution in [0, 0.1) is 0 Å². The summed E-state index contributed by atoms with van der Waals surface area (Å²) in [5.74, 6) is -4.09. The summed E-state index contributed by atoms with van der Waals surface area (Å²) in [4.78, 5) is 49.6. The van der Waals surface area contributed by atoms with E-state index in [4.69, 9.17) is 19.3 Å². The number of aliphatic carboxylic acids is 1. The highest BCUT2D eigenvalue weighted by atomic mass is 16.6. The number of aliphatic hydroxyl groups is 1. The Balaban J connectivity index is 1.37. The molecule has 1 saturated heterocycles. The average molecular weight is 532 g/mol. The number of ether oxygens (including phenoxy) is 4. The molecule has 12 nitrogen and oxygen atoms in total. The summed E-state index contributed by atoms with van der Waals surface area (Å²) in [6.45, 7) is 2.93. The molecule has 12 heteroatoms. The molecule has 1 aromatic rings. The van der Waals surface area contributed by atoms with Gasteiger partial charge in [-0.05, 0) is 51.1 Å². The molecule has 38 heavy (non-hydrogen) atoms. The highest BCUT2D eigenvalue weighted by Crippen LogP contribution is 2.65. The maximum atomic E-state index is 12.9. The number of benzene rings is 1. The minimum absolute atomic E-state index is 0.0685. The quantitative estimate of drug-likeness (QED) is 0.330. The van der Waals surface area contributed by atoms with Gasteiger partial charge >= 0.3 is 23.9 Å². The minimum atomic E-state index is -1.75. The maximum absolute atomic E-state index is 12.9. The zero-order valence-corrected chi connectivity index (χ0v) is 21.1. The van der Waals surface area contributed by atoms with Crippen molar-refractivity contribution in [3.8, 4) is 11.5 Å². The van der Waals surface area contributed by atoms with Gasteiger partial charge in [0.15, 0.2) is 23.7 Å². The molecule has 2 bridgehead atoms. The molecule has 1 fully saturated rings. The number of likely N-dealkylation sites (N-methyl/N-ethyl adjacent to an activating group) is 1. The van der Waals surface area contributed by atoms with Crippen molar-refractivity contribution in [1.82, 2.24) is 4.90 Å². The number of carboxylic acids is 1. The monoisotopic (exact) mass is 531 g/mol. The van der Waals surface area contributed by atoms with Crippen LogP contribution in [-0.2, 0) is 45.2 Å². The lowest BCUT2D eigenvalue weighted by atomic mass is 9.50. The van der Waals surface area contributed by atoms with Crippen molar-refractivity contribution < 1.29 is 53.4 Å². The van der Waals surface area contributed by atoms with Gasteiger partial charge in [0.2, 0.25) is 6.10 Å². The van der Waals surface area contributed by atoms with Crippen LogP contribution < -0.4 is 4.74 Å². The number of esters is 3. The minimum Gasteiger partial charge on any atom is -0.504 e. The van der Waals surface area contributed by atoms with Gasteiger partial charge in [-0.3, -0.25) is 9.59 Å². The van der Waals surface area contributed by atoms with Crippen molar-refractivity contribution >= 4 is 23.9 Å². The average Bonchev–Trinajstić information content (AvgIpc) is 3.20. The van der Waals surface area contributed by atoms with E-state index in [0.717, 1.165) is 18.1 Å². The SMILES string of the molecule is CC(=O)O[C@@H](CC(=O)O[C@@H](C)C(=O)OC1=CC[C@]2(O)[C@@H]3Cc4ccc(O)c5c4[C@]2(CCN3C)[C@@H]1O5)C(=O)O. The molecule has 0 aromatic heterocycles. The Bertz CT molecular complexity index is 1260. The Morgan fingerprint density at radius 2 is 1.97 bits per heavy atom. The molecule has 0 radical (unpaired) electrons. The van der Waals surface area contributed by atoms with Gasteiger partial charge in [-0.2, -0.15) is 0 Å². The van der Waals surface area contributed by atoms with Gasteiger partial charge in [-0.15, -0.1) is 0 Å². The molecule has 2 heterocycles. The standard InChI is InChI=1S/C26H29NO11/c1-12(35-19(30)11-17(23(31)32)36-13(2)28)24(33)37-16-6-7-26(34)18-10-14-4-5-15(29)21-20(14)25(26,22(16)38-21)8-9-27(18)3/h4-6,12,17-18,22,29,34H,7-11H2,1-3H3,(H,31,32)/t12-,17-,18-,22+,25+,26-/m0/s1. The summed E-state index contributed by atoms with van der Waals surface area (Å²) in [7, 11) is 1.96. The van der Waals surface area contributed by atoms with E-state index in [1.807, 2.05) is 13.1 Å². The number of aromatic hydroxyl groups is 1. The van der Waals surface area contributed by atoms with E-state index in [-0.39, 0.29) is 29.7 Å². The number of phenolic OH excluding ortho intramolecular Hbond substituents is 1. The first-order chi connectivity index (χ1) is 17.9. The van der Waals surface area contributed by atoms with Gasteiger partial charge in [-0.25, -0.2) is 9.59 Å². The van der Waals surface area contributed by atoms with Gasteiger partial charge in [0.1, 0.15) is 5.76 Å². The number of likely N-dealkylation sites (tertiary alicyclic amines) is 1. The molecule has 0 amide bonds. The third-order valence-corrected chi connectivity index (χ3v) is 8.15. The number of phenols is 1. The Kier molecular flexibility index (Phi) is 6.14. The van der Waals surface area contributed by atoms with E-state index in [9.17, 15) is 29.4 Å². The van der Waals surface area contributed by atoms with Crippen LogP contribution in [-0.4, -0.2) is 87.6 Å². The van der Waals surface area contributed by atoms with Crippen molar-refractivity contribution in [3.63, 3.8) is 0 Å². The number of nitrogens with zero attached hydrogens (tertiary/aromatic N) is 1. The largest absolute Gasteiger partial charge is 0.504 e. The smallest absolute Gasteiger partial charge is 0.352 e. The number of hydrogen-bond donors (Lipinski definition) is 3. The molecule has 4 aliphatic rings. The molecule has 2 aliphatic carbocycles. The van der Waals surface area contributed by atoms with E-state index in [0.29, 0.717) is 19.4 Å². The molecular weight excluding hydrogens is 502 g/mol. The second kappa shape index (κ2) is 8.98. The van der Waals surface area contributed by atoms with Gasteiger partial charge in [0.05, 0.1) is 17.4 Å². The summed E-state index contributed by atoms with van der Waals surface area (Å²) in [5.41, 5.74) is -0.486. The predicted molar refractivity (Wildman–Crippen MR) is 126 cm³/mol. The summed E-state index contributed by atoms with van der Waals surface area (Å²) in [6, 6.07) is 3.18. The fourth-order valence-electron chi connectivity index (χ4n) is 6.46. The highest BCUT2D eigenvalue weighted by Gasteiger charge is 2.72. The fraction of sp³-hybridized carbons (Fsp3) is 0.538. The summed E-state index contributed by atoms with van der Waals surface area (Å²) in [6.07, 6.45) is -2.01. The number of hydrogen-bond acceptors (Lipinski definition) is 11. The number of carbonyl (C=O) groups excluding carboxylic acids is 3. The van der Waals surface area contributed by atoms with Crippen molar-refractivity contribution in [2.45, 2.75) is 74.9 Å². The fourth-order valence-corrected chi connectivity index (χ4v) is 6.46. The summed E-state index contributed by atoms with van der Waals surface area (Å²) in [5, 5.41) is 31.8. The molecular formula is C26H29NO11. The third-order valence-electron chi connectivity index (χ3n) is 8.15. The third kappa shape index (κ3) is 3.73. The van der Waals surface area contributed by atoms with Crippen LogP contribution in [0.3, 0.4) is 0 Å². The van der Waals surface area contributed by atoms with Crippen LogP contribution in [0.2, 0.25) is 0 Å². The molecule has 1 aromatic carbocycles. The van der Waals surface area contributed by atoms with Crippen molar-refractivity contribution in [3.05, 3.63) is 35.1 Å². The van der Waals surface area contributed by atoms with Crippen molar-refractivity contribution in [2.24, 2.45) is 0 Å². The lowest BCUT2D eigenvalue weighted by molar-refractivity contribution is -0.177. The van der Waals surface area contributed by atoms with E-state index >= 15 is 0 Å². The van der Waals surface area contributed by atoms with Crippen molar-refractivity contribution in [2.75, 3.05) is 13.6 Å². The zero-order chi connectivity index (χ0) is 27.6. The lowest BCUT2D eigenvalue weighted by Crippen LogP contribution is -2.74. The molecule has 204 valence electrons. The topological polar surface area (TPSA) is 169 Å². The molecule has 2 aliphatic heterocycles. The van der Waals surface area contributed by atoms with Crippen LogP contribution in [0.5, 0.6) is 11.5 Å². The van der Waals surface area contributed by atoms with Crippen molar-refractivity contribution in [1.29, 1.82) is 0 Å². The van der Waals surface area contributed by atoms with Crippen LogP contribution in [0.1, 0.15) is 44.2 Å². The highest BCUT2D eigenvalue weighted by molar-refractivity contribution is 5.85. The Morgan fingerprint density at radius 3 is 2.66 bits per heavy atom. The Labute approximate surface area is 217 Å². The number of carboxylic acid groups (broad SMARTS) is 1. The first-order valence-electron chi connectivity index (χ1n) is 12.3. The van der Waals surface area contributed by atoms with E-state index in [1.54, 1.807) is 12.1 Å². The first kappa shape index (κ1) is 26.0. The second-order valence-corrected chi connectivity index (χ2v) is 10.3. The van der Waals surface area contributed by atoms with Gasteiger partial charge < -0.3 is 39.2 Å². The van der Waals surface area contributed by atoms with Gasteiger partial charge in [0.25, 0.3) is 0 Å². The number of carbonyl (C=O) groups is 4. The first-order valence-corrected chi connectivity index (χ1v) is 12.3. The Morgan fingerprint density at radius 1 is 1.24 bits per heavy atom. The molecule has 6 atom stereocenters. The lowest BCUT2D eigenvalue weighted by Gasteiger charge is -2.61. The molecule has 0 unspecified atom stereocenters. The normalized spacial score (nSPS) is 30.2. The zero-order valence-electron chi connectivity index (χ0n) is 21.1. The summed E-state index contributed by atoms with van der Waals surface area (Å²) >= 11 is 0. The molecule has 3 N–H and O–H groups in total. The van der Waals surface area contributed by atoms with E-state index in [2.05, 4.69) is 9.64 Å². The molecule has 5 rings (SSSR count). The molecule has 0 saturated carbocycles. The van der Waals surface area contributed by atoms with Crippen LogP contribution in [0.25, 0.3) is 0 Å². The Hall–Kier alpha value is -3.64. The number of piperidine rings is 1. The van der Waals surface area contributed by atoms with E-state index in [1.165, 1.54) is 6.92 Å². The van der Waals surface area contributed by atoms with Gasteiger partial charge in [0, 0.05) is 24.9 Å². The molecule has 1 spiro atoms. The number of rotatable bonds is 7. The van der Waals surface area contributed by atoms with E-state index < -0.39 is 59.6 Å². The van der Waals surface area contributed by atoms with Crippen LogP contribution in [0.15, 0.2) is 24.0 Å². The summed E-state index contributed by atoms with van der Waals surface area (Å²) < 4.78 is 21.5. The predicted octanol–water partition coefficient (Wildman–Crippen LogP) is 0.551. The van der Waals surface area contributed by atoms with Gasteiger partial charge in [-0.1, -0.05) is 6.07 Å². The maximum Gasteiger partial charge on any atom is 0.352 e. The second-order valence-electron chi connectivity index (χ2n) is 10.3. The van der Waals surface area contributed by atoms with Crippen LogP contribution >= 0.6 is 0 Å². The van der Waals surface area contributed by atoms with Crippen LogP contribution in [0.4, 0.5) is 0 Å².